The third-order valence-electron chi connectivity index (χ3n) is 4.22. The Bertz CT molecular complexity index is 831. The van der Waals surface area contributed by atoms with Gasteiger partial charge in [0.25, 0.3) is 0 Å². The summed E-state index contributed by atoms with van der Waals surface area (Å²) in [5, 5.41) is 0. The SMILES string of the molecule is CSCCC(N)c1nc2ccccc2n1CCOc1cccc(C)c1. The lowest BCUT2D eigenvalue weighted by Gasteiger charge is -2.15. The van der Waals surface area contributed by atoms with Gasteiger partial charge in [0, 0.05) is 0 Å². The molecule has 0 aliphatic heterocycles. The Morgan fingerprint density at radius 2 is 2.04 bits per heavy atom. The van der Waals surface area contributed by atoms with Crippen molar-refractivity contribution in [3.8, 4) is 5.75 Å². The number of thioether (sulfide) groups is 1. The fourth-order valence-electron chi connectivity index (χ4n) is 2.95. The van der Waals surface area contributed by atoms with Gasteiger partial charge in [0.15, 0.2) is 0 Å². The maximum absolute atomic E-state index is 6.41. The number of aryl methyl sites for hydroxylation is 1. The van der Waals surface area contributed by atoms with Gasteiger partial charge in [-0.2, -0.15) is 11.8 Å². The molecule has 132 valence electrons. The van der Waals surface area contributed by atoms with E-state index >= 15 is 0 Å². The topological polar surface area (TPSA) is 53.1 Å². The fourth-order valence-corrected chi connectivity index (χ4v) is 3.44. The van der Waals surface area contributed by atoms with Crippen molar-refractivity contribution in [1.29, 1.82) is 0 Å². The van der Waals surface area contributed by atoms with Gasteiger partial charge in [0.05, 0.1) is 23.6 Å². The van der Waals surface area contributed by atoms with Gasteiger partial charge in [-0.05, 0) is 55.2 Å². The zero-order valence-electron chi connectivity index (χ0n) is 14.8. The lowest BCUT2D eigenvalue weighted by Crippen LogP contribution is -2.19. The summed E-state index contributed by atoms with van der Waals surface area (Å²) >= 11 is 1.81. The largest absolute Gasteiger partial charge is 0.492 e. The van der Waals surface area contributed by atoms with Crippen molar-refractivity contribution in [2.45, 2.75) is 25.9 Å². The van der Waals surface area contributed by atoms with E-state index in [4.69, 9.17) is 15.5 Å². The average Bonchev–Trinajstić information content (AvgIpc) is 2.99. The Balaban J connectivity index is 1.78. The van der Waals surface area contributed by atoms with Gasteiger partial charge >= 0.3 is 0 Å². The van der Waals surface area contributed by atoms with Gasteiger partial charge < -0.3 is 15.0 Å². The number of nitrogens with two attached hydrogens (primary N) is 1. The summed E-state index contributed by atoms with van der Waals surface area (Å²) in [6.45, 7) is 3.39. The number of fused-ring (bicyclic) bond motifs is 1. The summed E-state index contributed by atoms with van der Waals surface area (Å²) in [5.41, 5.74) is 9.72. The molecule has 25 heavy (non-hydrogen) atoms. The Morgan fingerprint density at radius 3 is 2.84 bits per heavy atom. The molecule has 1 unspecified atom stereocenters. The molecule has 0 fully saturated rings. The Kier molecular flexibility index (Phi) is 6.00. The van der Waals surface area contributed by atoms with Crippen LogP contribution in [0.1, 0.15) is 23.9 Å². The van der Waals surface area contributed by atoms with Gasteiger partial charge in [-0.1, -0.05) is 24.3 Å². The second-order valence-electron chi connectivity index (χ2n) is 6.16. The second kappa shape index (κ2) is 8.41. The summed E-state index contributed by atoms with van der Waals surface area (Å²) in [5.74, 6) is 2.88. The fraction of sp³-hybridized carbons (Fsp3) is 0.350. The third kappa shape index (κ3) is 4.35. The Hall–Kier alpha value is -1.98. The monoisotopic (exact) mass is 355 g/mol. The summed E-state index contributed by atoms with van der Waals surface area (Å²) in [7, 11) is 0. The molecule has 1 atom stereocenters. The van der Waals surface area contributed by atoms with Gasteiger partial charge in [-0.25, -0.2) is 4.98 Å². The predicted octanol–water partition coefficient (Wildman–Crippen LogP) is 4.18. The van der Waals surface area contributed by atoms with Crippen molar-refractivity contribution in [2.75, 3.05) is 18.6 Å². The number of imidazole rings is 1. The molecular formula is C20H25N3OS. The van der Waals surface area contributed by atoms with Crippen molar-refractivity contribution in [3.63, 3.8) is 0 Å². The first kappa shape index (κ1) is 17.8. The zero-order chi connectivity index (χ0) is 17.6. The smallest absolute Gasteiger partial charge is 0.127 e. The van der Waals surface area contributed by atoms with Crippen molar-refractivity contribution >= 4 is 22.8 Å². The normalized spacial score (nSPS) is 12.4. The van der Waals surface area contributed by atoms with Crippen molar-refractivity contribution in [3.05, 3.63) is 59.9 Å². The molecule has 0 radical (unpaired) electrons. The van der Waals surface area contributed by atoms with E-state index in [0.717, 1.165) is 41.3 Å². The molecule has 0 spiro atoms. The van der Waals surface area contributed by atoms with Gasteiger partial charge in [0.2, 0.25) is 0 Å². The second-order valence-corrected chi connectivity index (χ2v) is 7.15. The van der Waals surface area contributed by atoms with Crippen LogP contribution in [0.15, 0.2) is 48.5 Å². The minimum absolute atomic E-state index is 0.0566. The van der Waals surface area contributed by atoms with E-state index in [1.54, 1.807) is 0 Å². The average molecular weight is 356 g/mol. The predicted molar refractivity (Wildman–Crippen MR) is 106 cm³/mol. The molecule has 2 aromatic carbocycles. The van der Waals surface area contributed by atoms with Gasteiger partial charge in [-0.15, -0.1) is 0 Å². The van der Waals surface area contributed by atoms with E-state index in [0.29, 0.717) is 6.61 Å². The molecule has 5 heteroatoms. The van der Waals surface area contributed by atoms with Crippen LogP contribution in [-0.2, 0) is 6.54 Å². The van der Waals surface area contributed by atoms with Crippen LogP contribution < -0.4 is 10.5 Å². The van der Waals surface area contributed by atoms with E-state index in [1.165, 1.54) is 5.56 Å². The highest BCUT2D eigenvalue weighted by Gasteiger charge is 2.16. The molecular weight excluding hydrogens is 330 g/mol. The third-order valence-corrected chi connectivity index (χ3v) is 4.87. The van der Waals surface area contributed by atoms with Crippen LogP contribution in [-0.4, -0.2) is 28.2 Å². The summed E-state index contributed by atoms with van der Waals surface area (Å²) in [6, 6.07) is 16.3. The first-order chi connectivity index (χ1) is 12.2. The highest BCUT2D eigenvalue weighted by atomic mass is 32.2. The standard InChI is InChI=1S/C20H25N3OS/c1-15-6-5-7-16(14-15)24-12-11-23-19-9-4-3-8-18(19)22-20(23)17(21)10-13-25-2/h3-9,14,17H,10-13,21H2,1-2H3. The summed E-state index contributed by atoms with van der Waals surface area (Å²) in [6.07, 6.45) is 3.02. The lowest BCUT2D eigenvalue weighted by atomic mass is 10.2. The number of benzene rings is 2. The van der Waals surface area contributed by atoms with Gasteiger partial charge in [0.1, 0.15) is 18.2 Å². The number of nitrogens with zero attached hydrogens (tertiary/aromatic N) is 2. The van der Waals surface area contributed by atoms with Crippen LogP contribution >= 0.6 is 11.8 Å². The van der Waals surface area contributed by atoms with Crippen molar-refractivity contribution < 1.29 is 4.74 Å². The maximum Gasteiger partial charge on any atom is 0.127 e. The molecule has 3 aromatic rings. The quantitative estimate of drug-likeness (QED) is 0.659. The molecule has 3 rings (SSSR count). The van der Waals surface area contributed by atoms with Crippen molar-refractivity contribution in [1.82, 2.24) is 9.55 Å². The van der Waals surface area contributed by atoms with E-state index in [-0.39, 0.29) is 6.04 Å². The van der Waals surface area contributed by atoms with Crippen molar-refractivity contribution in [2.24, 2.45) is 5.73 Å². The summed E-state index contributed by atoms with van der Waals surface area (Å²) < 4.78 is 8.14. The molecule has 0 saturated heterocycles. The lowest BCUT2D eigenvalue weighted by molar-refractivity contribution is 0.297. The number of ether oxygens (including phenoxy) is 1. The molecule has 4 nitrogen and oxygen atoms in total. The van der Waals surface area contributed by atoms with E-state index in [2.05, 4.69) is 35.9 Å². The highest BCUT2D eigenvalue weighted by Crippen LogP contribution is 2.22. The summed E-state index contributed by atoms with van der Waals surface area (Å²) in [4.78, 5) is 4.78. The van der Waals surface area contributed by atoms with E-state index < -0.39 is 0 Å². The molecule has 1 aromatic heterocycles. The first-order valence-corrected chi connectivity index (χ1v) is 9.97. The van der Waals surface area contributed by atoms with Crippen LogP contribution in [0, 0.1) is 6.92 Å². The highest BCUT2D eigenvalue weighted by molar-refractivity contribution is 7.98. The minimum atomic E-state index is -0.0566. The van der Waals surface area contributed by atoms with Crippen LogP contribution in [0.2, 0.25) is 0 Å². The van der Waals surface area contributed by atoms with E-state index in [1.807, 2.05) is 42.1 Å². The zero-order valence-corrected chi connectivity index (χ0v) is 15.6. The number of rotatable bonds is 8. The minimum Gasteiger partial charge on any atom is -0.492 e. The Morgan fingerprint density at radius 1 is 1.20 bits per heavy atom. The number of hydrogen-bond donors (Lipinski definition) is 1. The molecule has 2 N–H and O–H groups in total. The van der Waals surface area contributed by atoms with E-state index in [9.17, 15) is 0 Å². The van der Waals surface area contributed by atoms with Crippen LogP contribution in [0.5, 0.6) is 5.75 Å². The molecule has 0 aliphatic carbocycles. The van der Waals surface area contributed by atoms with Crippen LogP contribution in [0.3, 0.4) is 0 Å². The maximum atomic E-state index is 6.41. The van der Waals surface area contributed by atoms with Crippen LogP contribution in [0.25, 0.3) is 11.0 Å². The molecule has 0 aliphatic rings. The van der Waals surface area contributed by atoms with Crippen LogP contribution in [0.4, 0.5) is 0 Å². The first-order valence-electron chi connectivity index (χ1n) is 8.58. The molecule has 0 bridgehead atoms. The number of hydrogen-bond acceptors (Lipinski definition) is 4. The number of aromatic nitrogens is 2. The van der Waals surface area contributed by atoms with Gasteiger partial charge in [-0.3, -0.25) is 0 Å². The molecule has 0 amide bonds. The molecule has 0 saturated carbocycles. The molecule has 1 heterocycles. The Labute approximate surface area is 153 Å². The number of para-hydroxylation sites is 2.